The highest BCUT2D eigenvalue weighted by Crippen LogP contribution is 2.27. The Morgan fingerprint density at radius 2 is 1.74 bits per heavy atom. The summed E-state index contributed by atoms with van der Waals surface area (Å²) in [6, 6.07) is 8.78. The van der Waals surface area contributed by atoms with Crippen molar-refractivity contribution in [3.8, 4) is 5.75 Å². The van der Waals surface area contributed by atoms with E-state index in [4.69, 9.17) is 10.5 Å². The van der Waals surface area contributed by atoms with Crippen molar-refractivity contribution >= 4 is 0 Å². The molecule has 1 saturated carbocycles. The molecule has 0 bridgehead atoms. The van der Waals surface area contributed by atoms with Gasteiger partial charge in [-0.3, -0.25) is 0 Å². The van der Waals surface area contributed by atoms with Gasteiger partial charge in [0.15, 0.2) is 0 Å². The third-order valence-electron chi connectivity index (χ3n) is 3.88. The molecule has 19 heavy (non-hydrogen) atoms. The zero-order chi connectivity index (χ0) is 13.8. The normalized spacial score (nSPS) is 19.6. The molecule has 1 aromatic rings. The van der Waals surface area contributed by atoms with Gasteiger partial charge in [-0.15, -0.1) is 0 Å². The standard InChI is InChI=1S/C16H26N2O/c1-12(17)16(18(2)3)13-8-10-15(11-9-13)19-14-6-4-5-7-14/h8-12,14,16H,4-7,17H2,1-3H3. The molecule has 106 valence electrons. The van der Waals surface area contributed by atoms with Crippen molar-refractivity contribution < 1.29 is 4.74 Å². The molecule has 0 spiro atoms. The van der Waals surface area contributed by atoms with Crippen LogP contribution in [-0.4, -0.2) is 31.1 Å². The molecule has 0 saturated heterocycles. The number of hydrogen-bond donors (Lipinski definition) is 1. The first kappa shape index (κ1) is 14.4. The molecule has 2 atom stereocenters. The van der Waals surface area contributed by atoms with E-state index >= 15 is 0 Å². The molecule has 1 aliphatic rings. The van der Waals surface area contributed by atoms with Gasteiger partial charge in [-0.25, -0.2) is 0 Å². The molecule has 2 N–H and O–H groups in total. The van der Waals surface area contributed by atoms with Crippen LogP contribution in [0.5, 0.6) is 5.75 Å². The molecule has 1 fully saturated rings. The summed E-state index contributed by atoms with van der Waals surface area (Å²) in [4.78, 5) is 2.16. The minimum atomic E-state index is 0.108. The summed E-state index contributed by atoms with van der Waals surface area (Å²) in [5, 5.41) is 0. The highest BCUT2D eigenvalue weighted by atomic mass is 16.5. The molecule has 2 rings (SSSR count). The van der Waals surface area contributed by atoms with E-state index in [0.717, 1.165) is 5.75 Å². The fourth-order valence-electron chi connectivity index (χ4n) is 3.01. The van der Waals surface area contributed by atoms with Gasteiger partial charge in [0.2, 0.25) is 0 Å². The molecule has 0 aliphatic heterocycles. The molecule has 1 aliphatic carbocycles. The van der Waals surface area contributed by atoms with Gasteiger partial charge < -0.3 is 15.4 Å². The first-order chi connectivity index (χ1) is 9.08. The largest absolute Gasteiger partial charge is 0.490 e. The van der Waals surface area contributed by atoms with E-state index in [1.54, 1.807) is 0 Å². The van der Waals surface area contributed by atoms with E-state index in [1.807, 2.05) is 6.92 Å². The lowest BCUT2D eigenvalue weighted by atomic mass is 10.00. The second-order valence-corrected chi connectivity index (χ2v) is 5.86. The zero-order valence-electron chi connectivity index (χ0n) is 12.3. The van der Waals surface area contributed by atoms with E-state index < -0.39 is 0 Å². The second-order valence-electron chi connectivity index (χ2n) is 5.86. The average molecular weight is 262 g/mol. The van der Waals surface area contributed by atoms with Crippen LogP contribution in [0.25, 0.3) is 0 Å². The third-order valence-corrected chi connectivity index (χ3v) is 3.88. The van der Waals surface area contributed by atoms with E-state index in [-0.39, 0.29) is 12.1 Å². The molecule has 0 aromatic heterocycles. The highest BCUT2D eigenvalue weighted by Gasteiger charge is 2.19. The van der Waals surface area contributed by atoms with Crippen molar-refractivity contribution in [2.75, 3.05) is 14.1 Å². The van der Waals surface area contributed by atoms with Gasteiger partial charge in [-0.05, 0) is 64.4 Å². The Bertz CT molecular complexity index is 372. The predicted molar refractivity (Wildman–Crippen MR) is 79.4 cm³/mol. The molecule has 0 heterocycles. The van der Waals surface area contributed by atoms with Crippen molar-refractivity contribution in [3.05, 3.63) is 29.8 Å². The maximum atomic E-state index is 6.07. The molecule has 0 radical (unpaired) electrons. The average Bonchev–Trinajstić information content (AvgIpc) is 2.83. The lowest BCUT2D eigenvalue weighted by Crippen LogP contribution is -2.34. The van der Waals surface area contributed by atoms with Crippen molar-refractivity contribution in [1.29, 1.82) is 0 Å². The minimum Gasteiger partial charge on any atom is -0.490 e. The summed E-state index contributed by atoms with van der Waals surface area (Å²) in [5.41, 5.74) is 7.32. The predicted octanol–water partition coefficient (Wildman–Crippen LogP) is 2.96. The van der Waals surface area contributed by atoms with Gasteiger partial charge in [0, 0.05) is 12.1 Å². The van der Waals surface area contributed by atoms with Crippen LogP contribution in [-0.2, 0) is 0 Å². The highest BCUT2D eigenvalue weighted by molar-refractivity contribution is 5.30. The summed E-state index contributed by atoms with van der Waals surface area (Å²) in [7, 11) is 4.13. The Morgan fingerprint density at radius 1 is 1.16 bits per heavy atom. The summed E-state index contributed by atoms with van der Waals surface area (Å²) >= 11 is 0. The smallest absolute Gasteiger partial charge is 0.119 e. The number of benzene rings is 1. The lowest BCUT2D eigenvalue weighted by molar-refractivity contribution is 0.209. The summed E-state index contributed by atoms with van der Waals surface area (Å²) in [5.74, 6) is 0.984. The molecule has 2 unspecified atom stereocenters. The summed E-state index contributed by atoms with van der Waals surface area (Å²) in [6.07, 6.45) is 5.42. The van der Waals surface area contributed by atoms with Crippen LogP contribution in [0.2, 0.25) is 0 Å². The van der Waals surface area contributed by atoms with E-state index in [0.29, 0.717) is 6.10 Å². The monoisotopic (exact) mass is 262 g/mol. The Morgan fingerprint density at radius 3 is 2.21 bits per heavy atom. The van der Waals surface area contributed by atoms with Crippen molar-refractivity contribution in [1.82, 2.24) is 4.90 Å². The number of likely N-dealkylation sites (N-methyl/N-ethyl adjacent to an activating group) is 1. The zero-order valence-corrected chi connectivity index (χ0v) is 12.3. The van der Waals surface area contributed by atoms with Gasteiger partial charge in [0.25, 0.3) is 0 Å². The number of rotatable bonds is 5. The van der Waals surface area contributed by atoms with Crippen LogP contribution in [0.1, 0.15) is 44.2 Å². The van der Waals surface area contributed by atoms with Gasteiger partial charge in [-0.2, -0.15) is 0 Å². The molecule has 3 nitrogen and oxygen atoms in total. The van der Waals surface area contributed by atoms with Gasteiger partial charge in [0.1, 0.15) is 5.75 Å². The fourth-order valence-corrected chi connectivity index (χ4v) is 3.01. The minimum absolute atomic E-state index is 0.108. The lowest BCUT2D eigenvalue weighted by Gasteiger charge is -2.28. The molecular formula is C16H26N2O. The van der Waals surface area contributed by atoms with Gasteiger partial charge in [-0.1, -0.05) is 12.1 Å². The number of hydrogen-bond acceptors (Lipinski definition) is 3. The third kappa shape index (κ3) is 3.71. The van der Waals surface area contributed by atoms with E-state index in [2.05, 4.69) is 43.3 Å². The van der Waals surface area contributed by atoms with Crippen LogP contribution < -0.4 is 10.5 Å². The maximum Gasteiger partial charge on any atom is 0.119 e. The molecule has 0 amide bonds. The first-order valence-corrected chi connectivity index (χ1v) is 7.26. The first-order valence-electron chi connectivity index (χ1n) is 7.26. The Labute approximate surface area is 116 Å². The summed E-state index contributed by atoms with van der Waals surface area (Å²) in [6.45, 7) is 2.05. The number of nitrogens with two attached hydrogens (primary N) is 1. The molecular weight excluding hydrogens is 236 g/mol. The van der Waals surface area contributed by atoms with Crippen LogP contribution in [0.15, 0.2) is 24.3 Å². The molecule has 1 aromatic carbocycles. The van der Waals surface area contributed by atoms with Gasteiger partial charge in [0.05, 0.1) is 6.10 Å². The van der Waals surface area contributed by atoms with Crippen LogP contribution in [0.3, 0.4) is 0 Å². The number of ether oxygens (including phenoxy) is 1. The quantitative estimate of drug-likeness (QED) is 0.886. The topological polar surface area (TPSA) is 38.5 Å². The Kier molecular flexibility index (Phi) is 4.83. The SMILES string of the molecule is CC(N)C(c1ccc(OC2CCCC2)cc1)N(C)C. The van der Waals surface area contributed by atoms with E-state index in [9.17, 15) is 0 Å². The van der Waals surface area contributed by atoms with Crippen molar-refractivity contribution in [3.63, 3.8) is 0 Å². The molecule has 3 heteroatoms. The second kappa shape index (κ2) is 6.40. The fraction of sp³-hybridized carbons (Fsp3) is 0.625. The van der Waals surface area contributed by atoms with Crippen LogP contribution in [0.4, 0.5) is 0 Å². The van der Waals surface area contributed by atoms with Crippen LogP contribution >= 0.6 is 0 Å². The van der Waals surface area contributed by atoms with Gasteiger partial charge >= 0.3 is 0 Å². The Balaban J connectivity index is 2.04. The van der Waals surface area contributed by atoms with Crippen LogP contribution in [0, 0.1) is 0 Å². The Hall–Kier alpha value is -1.06. The van der Waals surface area contributed by atoms with Crippen molar-refractivity contribution in [2.24, 2.45) is 5.73 Å². The maximum absolute atomic E-state index is 6.07. The van der Waals surface area contributed by atoms with Crippen molar-refractivity contribution in [2.45, 2.75) is 50.8 Å². The van der Waals surface area contributed by atoms with E-state index in [1.165, 1.54) is 31.2 Å². The number of nitrogens with zero attached hydrogens (tertiary/aromatic N) is 1. The summed E-state index contributed by atoms with van der Waals surface area (Å²) < 4.78 is 5.99.